The summed E-state index contributed by atoms with van der Waals surface area (Å²) in [6.07, 6.45) is -4.64. The Morgan fingerprint density at radius 3 is 2.13 bits per heavy atom. The minimum Gasteiger partial charge on any atom is -0.372 e. The summed E-state index contributed by atoms with van der Waals surface area (Å²) in [6.45, 7) is 5.83. The van der Waals surface area contributed by atoms with E-state index in [4.69, 9.17) is 0 Å². The summed E-state index contributed by atoms with van der Waals surface area (Å²) in [6, 6.07) is 19.1. The van der Waals surface area contributed by atoms with Gasteiger partial charge in [0.1, 0.15) is 0 Å². The van der Waals surface area contributed by atoms with Crippen LogP contribution in [0, 0.1) is 0 Å². The zero-order valence-electron chi connectivity index (χ0n) is 21.2. The number of anilines is 3. The lowest BCUT2D eigenvalue weighted by molar-refractivity contribution is -0.137. The summed E-state index contributed by atoms with van der Waals surface area (Å²) >= 11 is 0. The molecule has 6 nitrogen and oxygen atoms in total. The number of carbonyl (C=O) groups excluding carboxylic acids is 3. The molecule has 0 fully saturated rings. The van der Waals surface area contributed by atoms with E-state index in [9.17, 15) is 27.6 Å². The predicted molar refractivity (Wildman–Crippen MR) is 144 cm³/mol. The minimum absolute atomic E-state index is 0.123. The van der Waals surface area contributed by atoms with Crippen molar-refractivity contribution >= 4 is 45.6 Å². The van der Waals surface area contributed by atoms with Gasteiger partial charge in [-0.2, -0.15) is 13.2 Å². The quantitative estimate of drug-likeness (QED) is 0.279. The number of nitrogens with zero attached hydrogens (tertiary/aromatic N) is 2. The van der Waals surface area contributed by atoms with E-state index in [2.05, 4.69) is 24.1 Å². The van der Waals surface area contributed by atoms with Gasteiger partial charge < -0.3 is 10.2 Å². The van der Waals surface area contributed by atoms with Crippen LogP contribution in [0.2, 0.25) is 0 Å². The maximum absolute atomic E-state index is 13.4. The molecule has 0 aliphatic carbocycles. The fourth-order valence-corrected chi connectivity index (χ4v) is 4.89. The van der Waals surface area contributed by atoms with Gasteiger partial charge in [0.15, 0.2) is 0 Å². The Hall–Kier alpha value is -4.66. The first-order valence-electron chi connectivity index (χ1n) is 12.4. The van der Waals surface area contributed by atoms with E-state index in [0.717, 1.165) is 41.9 Å². The van der Waals surface area contributed by atoms with Crippen LogP contribution in [0.4, 0.5) is 30.2 Å². The summed E-state index contributed by atoms with van der Waals surface area (Å²) in [4.78, 5) is 43.0. The molecular formula is C30H24F3N3O3. The Balaban J connectivity index is 1.50. The molecular weight excluding hydrogens is 507 g/mol. The average Bonchev–Trinajstić information content (AvgIpc) is 2.92. The van der Waals surface area contributed by atoms with Crippen molar-refractivity contribution in [2.45, 2.75) is 20.0 Å². The Kier molecular flexibility index (Phi) is 6.59. The largest absolute Gasteiger partial charge is 0.416 e. The number of nitrogens with one attached hydrogen (secondary N) is 1. The normalized spacial score (nSPS) is 13.1. The molecule has 198 valence electrons. The number of amides is 3. The molecule has 0 saturated heterocycles. The highest BCUT2D eigenvalue weighted by atomic mass is 19.4. The number of hydrogen-bond donors (Lipinski definition) is 1. The fourth-order valence-electron chi connectivity index (χ4n) is 4.89. The van der Waals surface area contributed by atoms with Gasteiger partial charge in [-0.05, 0) is 79.9 Å². The van der Waals surface area contributed by atoms with Gasteiger partial charge in [-0.25, -0.2) is 4.90 Å². The van der Waals surface area contributed by atoms with Crippen LogP contribution in [0.15, 0.2) is 78.9 Å². The van der Waals surface area contributed by atoms with E-state index >= 15 is 0 Å². The molecule has 4 aromatic carbocycles. The van der Waals surface area contributed by atoms with E-state index in [-0.39, 0.29) is 22.4 Å². The third-order valence-corrected chi connectivity index (χ3v) is 6.84. The van der Waals surface area contributed by atoms with Crippen molar-refractivity contribution in [1.29, 1.82) is 0 Å². The van der Waals surface area contributed by atoms with Gasteiger partial charge in [-0.15, -0.1) is 0 Å². The fraction of sp³-hybridized carbons (Fsp3) is 0.167. The van der Waals surface area contributed by atoms with Crippen molar-refractivity contribution in [1.82, 2.24) is 0 Å². The molecule has 1 N–H and O–H groups in total. The molecule has 0 saturated carbocycles. The standard InChI is InChI=1S/C30H24F3N3O3/c1-3-35(4-2)20-13-11-19(12-14-20)34-27(37)23-15-16-25-26-22(23)9-6-10-24(26)28(38)36(29(25)39)21-8-5-7-18(17-21)30(31,32)33/h5-17H,3-4H2,1-2H3,(H,34,37). The molecule has 39 heavy (non-hydrogen) atoms. The van der Waals surface area contributed by atoms with E-state index < -0.39 is 29.5 Å². The van der Waals surface area contributed by atoms with Gasteiger partial charge in [0.25, 0.3) is 17.7 Å². The molecule has 0 radical (unpaired) electrons. The van der Waals surface area contributed by atoms with E-state index in [1.807, 2.05) is 12.1 Å². The molecule has 1 aliphatic heterocycles. The SMILES string of the molecule is CCN(CC)c1ccc(NC(=O)c2ccc3c4c(cccc24)C(=O)N(c2cccc(C(F)(F)F)c2)C3=O)cc1. The Morgan fingerprint density at radius 2 is 1.49 bits per heavy atom. The third-order valence-electron chi connectivity index (χ3n) is 6.84. The van der Waals surface area contributed by atoms with Gasteiger partial charge in [0.2, 0.25) is 0 Å². The molecule has 1 aliphatic rings. The van der Waals surface area contributed by atoms with Gasteiger partial charge in [-0.1, -0.05) is 18.2 Å². The van der Waals surface area contributed by atoms with Crippen LogP contribution >= 0.6 is 0 Å². The van der Waals surface area contributed by atoms with Crippen LogP contribution in [0.3, 0.4) is 0 Å². The lowest BCUT2D eigenvalue weighted by atomic mass is 9.90. The summed E-state index contributed by atoms with van der Waals surface area (Å²) in [5.41, 5.74) is 0.965. The van der Waals surface area contributed by atoms with Crippen LogP contribution in [0.1, 0.15) is 50.5 Å². The number of benzene rings is 4. The van der Waals surface area contributed by atoms with Crippen LogP contribution in [0.25, 0.3) is 10.8 Å². The first-order chi connectivity index (χ1) is 18.6. The lowest BCUT2D eigenvalue weighted by Gasteiger charge is -2.28. The van der Waals surface area contributed by atoms with Crippen LogP contribution in [-0.4, -0.2) is 30.8 Å². The monoisotopic (exact) mass is 531 g/mol. The number of imide groups is 1. The second-order valence-corrected chi connectivity index (χ2v) is 9.06. The van der Waals surface area contributed by atoms with Crippen LogP contribution in [0.5, 0.6) is 0 Å². The Bertz CT molecular complexity index is 1590. The summed E-state index contributed by atoms with van der Waals surface area (Å²) in [7, 11) is 0. The Morgan fingerprint density at radius 1 is 0.846 bits per heavy atom. The van der Waals surface area contributed by atoms with Gasteiger partial charge >= 0.3 is 6.18 Å². The van der Waals surface area contributed by atoms with Crippen molar-refractivity contribution in [3.63, 3.8) is 0 Å². The molecule has 1 heterocycles. The number of carbonyl (C=O) groups is 3. The molecule has 5 rings (SSSR count). The van der Waals surface area contributed by atoms with E-state index in [1.165, 1.54) is 24.3 Å². The molecule has 9 heteroatoms. The lowest BCUT2D eigenvalue weighted by Crippen LogP contribution is -2.40. The zero-order chi connectivity index (χ0) is 27.9. The molecule has 0 unspecified atom stereocenters. The van der Waals surface area contributed by atoms with Gasteiger partial charge in [0.05, 0.1) is 11.3 Å². The highest BCUT2D eigenvalue weighted by Gasteiger charge is 2.37. The first-order valence-corrected chi connectivity index (χ1v) is 12.4. The summed E-state index contributed by atoms with van der Waals surface area (Å²) in [5.74, 6) is -1.95. The molecule has 0 aromatic heterocycles. The topological polar surface area (TPSA) is 69.7 Å². The Labute approximate surface area is 222 Å². The highest BCUT2D eigenvalue weighted by Crippen LogP contribution is 2.37. The van der Waals surface area contributed by atoms with E-state index in [0.29, 0.717) is 16.5 Å². The maximum atomic E-state index is 13.4. The van der Waals surface area contributed by atoms with Crippen molar-refractivity contribution in [2.75, 3.05) is 28.2 Å². The van der Waals surface area contributed by atoms with Crippen molar-refractivity contribution in [3.8, 4) is 0 Å². The number of hydrogen-bond acceptors (Lipinski definition) is 4. The molecule has 4 aromatic rings. The first kappa shape index (κ1) is 26.0. The summed E-state index contributed by atoms with van der Waals surface area (Å²) in [5, 5.41) is 3.55. The van der Waals surface area contributed by atoms with Crippen molar-refractivity contribution in [3.05, 3.63) is 101 Å². The average molecular weight is 532 g/mol. The highest BCUT2D eigenvalue weighted by molar-refractivity contribution is 6.36. The number of alkyl halides is 3. The van der Waals surface area contributed by atoms with Gasteiger partial charge in [-0.3, -0.25) is 14.4 Å². The van der Waals surface area contributed by atoms with Crippen molar-refractivity contribution in [2.24, 2.45) is 0 Å². The molecule has 0 atom stereocenters. The molecule has 0 bridgehead atoms. The van der Waals surface area contributed by atoms with E-state index in [1.54, 1.807) is 24.3 Å². The second kappa shape index (κ2) is 9.90. The number of rotatable bonds is 6. The second-order valence-electron chi connectivity index (χ2n) is 9.06. The van der Waals surface area contributed by atoms with Crippen LogP contribution < -0.4 is 15.1 Å². The number of halogens is 3. The predicted octanol–water partition coefficient (Wildman–Crippen LogP) is 6.76. The smallest absolute Gasteiger partial charge is 0.372 e. The van der Waals surface area contributed by atoms with Gasteiger partial charge in [0, 0.05) is 46.5 Å². The minimum atomic E-state index is -4.64. The zero-order valence-corrected chi connectivity index (χ0v) is 21.2. The summed E-state index contributed by atoms with van der Waals surface area (Å²) < 4.78 is 39.9. The maximum Gasteiger partial charge on any atom is 0.416 e. The molecule has 3 amide bonds. The third kappa shape index (κ3) is 4.60. The van der Waals surface area contributed by atoms with Crippen LogP contribution in [-0.2, 0) is 6.18 Å². The molecule has 0 spiro atoms. The van der Waals surface area contributed by atoms with Crippen molar-refractivity contribution < 1.29 is 27.6 Å².